The van der Waals surface area contributed by atoms with Gasteiger partial charge >= 0.3 is 11.9 Å². The molecule has 1 saturated carbocycles. The smallest absolute Gasteiger partial charge is 0.344 e. The number of ketones is 1. The highest BCUT2D eigenvalue weighted by Crippen LogP contribution is 2.17. The van der Waals surface area contributed by atoms with Gasteiger partial charge in [-0.3, -0.25) is 9.59 Å². The third kappa shape index (κ3) is 4.17. The maximum absolute atomic E-state index is 11.3. The van der Waals surface area contributed by atoms with E-state index in [0.29, 0.717) is 19.3 Å². The van der Waals surface area contributed by atoms with Gasteiger partial charge in [-0.2, -0.15) is 0 Å². The van der Waals surface area contributed by atoms with Crippen molar-refractivity contribution in [1.29, 1.82) is 0 Å². The highest BCUT2D eigenvalue weighted by Gasteiger charge is 2.28. The molecule has 5 heteroatoms. The van der Waals surface area contributed by atoms with Crippen molar-refractivity contribution in [3.05, 3.63) is 0 Å². The fourth-order valence-corrected chi connectivity index (χ4v) is 1.54. The second-order valence-electron chi connectivity index (χ2n) is 4.25. The summed E-state index contributed by atoms with van der Waals surface area (Å²) < 4.78 is 9.70. The first-order valence-corrected chi connectivity index (χ1v) is 5.93. The summed E-state index contributed by atoms with van der Waals surface area (Å²) in [5, 5.41) is 0. The summed E-state index contributed by atoms with van der Waals surface area (Å²) in [4.78, 5) is 33.8. The first-order chi connectivity index (χ1) is 8.04. The Morgan fingerprint density at radius 3 is 2.71 bits per heavy atom. The Kier molecular flexibility index (Phi) is 5.12. The average Bonchev–Trinajstić information content (AvgIpc) is 2.71. The highest BCUT2D eigenvalue weighted by molar-refractivity contribution is 5.87. The molecule has 0 spiro atoms. The fourth-order valence-electron chi connectivity index (χ4n) is 1.54. The molecule has 0 aliphatic heterocycles. The minimum atomic E-state index is -0.651. The van der Waals surface area contributed by atoms with Crippen molar-refractivity contribution in [2.75, 3.05) is 6.61 Å². The molecule has 0 amide bonds. The second-order valence-corrected chi connectivity index (χ2v) is 4.25. The van der Waals surface area contributed by atoms with E-state index in [4.69, 9.17) is 9.47 Å². The number of hydrogen-bond donors (Lipinski definition) is 0. The lowest BCUT2D eigenvalue weighted by atomic mass is 10.1. The van der Waals surface area contributed by atoms with Crippen LogP contribution in [0.4, 0.5) is 0 Å². The molecule has 0 saturated heterocycles. The highest BCUT2D eigenvalue weighted by atomic mass is 16.6. The molecule has 0 aromatic rings. The van der Waals surface area contributed by atoms with Crippen LogP contribution in [0.3, 0.4) is 0 Å². The number of Topliss-reactive ketones (excluding diaryl/α,β-unsaturated/α-hetero) is 1. The van der Waals surface area contributed by atoms with Gasteiger partial charge in [-0.1, -0.05) is 13.8 Å². The lowest BCUT2D eigenvalue weighted by Crippen LogP contribution is -2.26. The third-order valence-corrected chi connectivity index (χ3v) is 2.87. The van der Waals surface area contributed by atoms with Crippen LogP contribution in [0.15, 0.2) is 0 Å². The molecule has 1 fully saturated rings. The Bertz CT molecular complexity index is 310. The molecule has 1 rings (SSSR count). The second kappa shape index (κ2) is 6.37. The summed E-state index contributed by atoms with van der Waals surface area (Å²) in [5.41, 5.74) is 0. The van der Waals surface area contributed by atoms with Crippen LogP contribution in [0.25, 0.3) is 0 Å². The van der Waals surface area contributed by atoms with E-state index in [9.17, 15) is 14.4 Å². The van der Waals surface area contributed by atoms with Crippen LogP contribution in [-0.4, -0.2) is 30.4 Å². The molecule has 1 aliphatic rings. The van der Waals surface area contributed by atoms with E-state index in [-0.39, 0.29) is 11.7 Å². The summed E-state index contributed by atoms with van der Waals surface area (Å²) >= 11 is 0. The molecule has 5 nitrogen and oxygen atoms in total. The van der Waals surface area contributed by atoms with Crippen molar-refractivity contribution in [3.63, 3.8) is 0 Å². The molecule has 17 heavy (non-hydrogen) atoms. The maximum atomic E-state index is 11.3. The van der Waals surface area contributed by atoms with Crippen LogP contribution in [0.1, 0.15) is 39.5 Å². The minimum absolute atomic E-state index is 0.0494. The zero-order valence-electron chi connectivity index (χ0n) is 10.2. The number of ether oxygens (including phenoxy) is 2. The summed E-state index contributed by atoms with van der Waals surface area (Å²) in [6.45, 7) is 3.18. The van der Waals surface area contributed by atoms with E-state index in [1.807, 2.05) is 6.92 Å². The van der Waals surface area contributed by atoms with Crippen LogP contribution < -0.4 is 0 Å². The lowest BCUT2D eigenvalue weighted by Gasteiger charge is -2.11. The molecule has 0 aromatic carbocycles. The molecule has 0 N–H and O–H groups in total. The zero-order chi connectivity index (χ0) is 12.8. The van der Waals surface area contributed by atoms with Gasteiger partial charge in [0.15, 0.2) is 18.5 Å². The molecule has 0 radical (unpaired) electrons. The number of carbonyl (C=O) groups is 3. The maximum Gasteiger partial charge on any atom is 0.344 e. The summed E-state index contributed by atoms with van der Waals surface area (Å²) in [5.74, 6) is -1.34. The van der Waals surface area contributed by atoms with E-state index in [1.165, 1.54) is 0 Å². The summed E-state index contributed by atoms with van der Waals surface area (Å²) in [7, 11) is 0. The van der Waals surface area contributed by atoms with Crippen molar-refractivity contribution in [3.8, 4) is 0 Å². The van der Waals surface area contributed by atoms with Gasteiger partial charge in [0.25, 0.3) is 0 Å². The molecule has 0 heterocycles. The summed E-state index contributed by atoms with van der Waals surface area (Å²) in [6, 6.07) is 0. The Morgan fingerprint density at radius 1 is 1.47 bits per heavy atom. The van der Waals surface area contributed by atoms with Crippen molar-refractivity contribution in [2.24, 2.45) is 5.92 Å². The van der Waals surface area contributed by atoms with E-state index in [2.05, 4.69) is 0 Å². The normalized spacial score (nSPS) is 21.1. The van der Waals surface area contributed by atoms with Gasteiger partial charge in [0.2, 0.25) is 0 Å². The Hall–Kier alpha value is -1.39. The predicted octanol–water partition coefficient (Wildman–Crippen LogP) is 1.24. The Labute approximate surface area is 100 Å². The van der Waals surface area contributed by atoms with Crippen LogP contribution >= 0.6 is 0 Å². The average molecular weight is 242 g/mol. The van der Waals surface area contributed by atoms with E-state index < -0.39 is 24.6 Å². The van der Waals surface area contributed by atoms with E-state index in [0.717, 1.165) is 6.42 Å². The lowest BCUT2D eigenvalue weighted by molar-refractivity contribution is -0.165. The summed E-state index contributed by atoms with van der Waals surface area (Å²) in [6.07, 6.45) is 1.82. The van der Waals surface area contributed by atoms with Crippen LogP contribution in [-0.2, 0) is 23.9 Å². The quantitative estimate of drug-likeness (QED) is 0.678. The first-order valence-electron chi connectivity index (χ1n) is 5.93. The van der Waals surface area contributed by atoms with Crippen molar-refractivity contribution in [2.45, 2.75) is 45.6 Å². The van der Waals surface area contributed by atoms with Crippen LogP contribution in [0.2, 0.25) is 0 Å². The number of esters is 2. The SMILES string of the molecule is CCC(C)C(=O)OCC(=O)OC1CCCC1=O. The molecule has 1 aliphatic carbocycles. The standard InChI is InChI=1S/C12H18O5/c1-3-8(2)12(15)16-7-11(14)17-10-6-4-5-9(10)13/h8,10H,3-7H2,1-2H3. The third-order valence-electron chi connectivity index (χ3n) is 2.87. The van der Waals surface area contributed by atoms with Gasteiger partial charge in [0.05, 0.1) is 5.92 Å². The van der Waals surface area contributed by atoms with Crippen LogP contribution in [0, 0.1) is 5.92 Å². The Balaban J connectivity index is 2.25. The van der Waals surface area contributed by atoms with Gasteiger partial charge in [0, 0.05) is 6.42 Å². The van der Waals surface area contributed by atoms with Crippen molar-refractivity contribution in [1.82, 2.24) is 0 Å². The predicted molar refractivity (Wildman–Crippen MR) is 59.2 cm³/mol. The largest absolute Gasteiger partial charge is 0.453 e. The van der Waals surface area contributed by atoms with Gasteiger partial charge in [0.1, 0.15) is 0 Å². The minimum Gasteiger partial charge on any atom is -0.453 e. The molecular weight excluding hydrogens is 224 g/mol. The van der Waals surface area contributed by atoms with Gasteiger partial charge in [-0.25, -0.2) is 4.79 Å². The van der Waals surface area contributed by atoms with Crippen molar-refractivity contribution >= 4 is 17.7 Å². The van der Waals surface area contributed by atoms with Crippen LogP contribution in [0.5, 0.6) is 0 Å². The Morgan fingerprint density at radius 2 is 2.18 bits per heavy atom. The van der Waals surface area contributed by atoms with E-state index in [1.54, 1.807) is 6.92 Å². The van der Waals surface area contributed by atoms with Crippen molar-refractivity contribution < 1.29 is 23.9 Å². The topological polar surface area (TPSA) is 69.7 Å². The fraction of sp³-hybridized carbons (Fsp3) is 0.750. The molecular formula is C12H18O5. The van der Waals surface area contributed by atoms with E-state index >= 15 is 0 Å². The molecule has 0 bridgehead atoms. The van der Waals surface area contributed by atoms with Gasteiger partial charge in [-0.15, -0.1) is 0 Å². The first kappa shape index (κ1) is 13.7. The molecule has 96 valence electrons. The molecule has 2 unspecified atom stereocenters. The number of rotatable bonds is 5. The molecule has 0 aromatic heterocycles. The van der Waals surface area contributed by atoms with Gasteiger partial charge < -0.3 is 9.47 Å². The number of carbonyl (C=O) groups excluding carboxylic acids is 3. The zero-order valence-corrected chi connectivity index (χ0v) is 10.2. The van der Waals surface area contributed by atoms with Gasteiger partial charge in [-0.05, 0) is 19.3 Å². The molecule has 2 atom stereocenters. The number of hydrogen-bond acceptors (Lipinski definition) is 5. The monoisotopic (exact) mass is 242 g/mol.